The number of aryl methyl sites for hydroxylation is 1. The molecule has 0 fully saturated rings. The summed E-state index contributed by atoms with van der Waals surface area (Å²) in [4.78, 5) is 3.98. The van der Waals surface area contributed by atoms with E-state index < -0.39 is 10.0 Å². The van der Waals surface area contributed by atoms with Crippen molar-refractivity contribution in [1.82, 2.24) is 9.55 Å². The molecular formula is C12H14ClN3O3S. The van der Waals surface area contributed by atoms with Crippen LogP contribution in [0.5, 0.6) is 5.75 Å². The second-order valence-electron chi connectivity index (χ2n) is 4.10. The van der Waals surface area contributed by atoms with Gasteiger partial charge >= 0.3 is 0 Å². The van der Waals surface area contributed by atoms with Crippen LogP contribution in [0, 0.1) is 0 Å². The maximum atomic E-state index is 11.2. The number of rotatable bonds is 5. The molecule has 0 amide bonds. The largest absolute Gasteiger partial charge is 0.486 e. The number of sulfonamides is 1. The highest BCUT2D eigenvalue weighted by atomic mass is 35.5. The molecule has 8 heteroatoms. The average Bonchev–Trinajstić information content (AvgIpc) is 2.83. The van der Waals surface area contributed by atoms with Gasteiger partial charge in [-0.25, -0.2) is 18.5 Å². The van der Waals surface area contributed by atoms with Crippen LogP contribution in [0.15, 0.2) is 35.6 Å². The molecule has 1 heterocycles. The van der Waals surface area contributed by atoms with Crippen LogP contribution in [-0.4, -0.2) is 18.0 Å². The second kappa shape index (κ2) is 5.82. The molecule has 0 spiro atoms. The predicted molar refractivity (Wildman–Crippen MR) is 75.1 cm³/mol. The number of hydrogen-bond donors (Lipinski definition) is 1. The Labute approximate surface area is 122 Å². The summed E-state index contributed by atoms with van der Waals surface area (Å²) in [6.07, 6.45) is 3.42. The van der Waals surface area contributed by atoms with E-state index in [9.17, 15) is 8.42 Å². The molecule has 2 rings (SSSR count). The fourth-order valence-corrected chi connectivity index (χ4v) is 2.52. The number of ether oxygens (including phenoxy) is 1. The van der Waals surface area contributed by atoms with Crippen molar-refractivity contribution < 1.29 is 13.2 Å². The number of primary sulfonamides is 1. The smallest absolute Gasteiger partial charge is 0.238 e. The number of imidazole rings is 1. The predicted octanol–water partition coefficient (Wildman–Crippen LogP) is 1.78. The molecule has 0 saturated heterocycles. The van der Waals surface area contributed by atoms with Gasteiger partial charge < -0.3 is 9.30 Å². The van der Waals surface area contributed by atoms with Crippen LogP contribution in [0.25, 0.3) is 0 Å². The quantitative estimate of drug-likeness (QED) is 0.911. The molecule has 0 aliphatic rings. The van der Waals surface area contributed by atoms with Crippen molar-refractivity contribution >= 4 is 21.6 Å². The van der Waals surface area contributed by atoms with Crippen molar-refractivity contribution in [1.29, 1.82) is 0 Å². The summed E-state index contributed by atoms with van der Waals surface area (Å²) in [7, 11) is -3.77. The van der Waals surface area contributed by atoms with Crippen molar-refractivity contribution in [3.05, 3.63) is 41.4 Å². The highest BCUT2D eigenvalue weighted by Gasteiger charge is 2.11. The lowest BCUT2D eigenvalue weighted by Gasteiger charge is -2.10. The fourth-order valence-electron chi connectivity index (χ4n) is 1.68. The van der Waals surface area contributed by atoms with Gasteiger partial charge in [0.15, 0.2) is 0 Å². The third-order valence-electron chi connectivity index (χ3n) is 2.75. The lowest BCUT2D eigenvalue weighted by molar-refractivity contribution is 0.295. The zero-order chi connectivity index (χ0) is 14.8. The second-order valence-corrected chi connectivity index (χ2v) is 6.07. The summed E-state index contributed by atoms with van der Waals surface area (Å²) in [6, 6.07) is 4.10. The monoisotopic (exact) mass is 315 g/mol. The minimum atomic E-state index is -3.77. The Morgan fingerprint density at radius 3 is 2.80 bits per heavy atom. The standard InChI is InChI=1S/C12H14ClN3O3S/c1-2-16-8-15-6-9(16)7-19-12-4-3-10(5-11(12)13)20(14,17)18/h3-6,8H,2,7H2,1H3,(H2,14,17,18). The molecule has 0 radical (unpaired) electrons. The summed E-state index contributed by atoms with van der Waals surface area (Å²) < 4.78 is 29.9. The first-order chi connectivity index (χ1) is 9.41. The van der Waals surface area contributed by atoms with Crippen LogP contribution in [0.2, 0.25) is 5.02 Å². The maximum absolute atomic E-state index is 11.2. The molecule has 0 aliphatic carbocycles. The molecule has 108 valence electrons. The van der Waals surface area contributed by atoms with Gasteiger partial charge in [-0.2, -0.15) is 0 Å². The highest BCUT2D eigenvalue weighted by molar-refractivity contribution is 7.89. The van der Waals surface area contributed by atoms with Crippen molar-refractivity contribution in [2.75, 3.05) is 0 Å². The van der Waals surface area contributed by atoms with Crippen LogP contribution in [0.4, 0.5) is 0 Å². The van der Waals surface area contributed by atoms with E-state index in [1.165, 1.54) is 18.2 Å². The maximum Gasteiger partial charge on any atom is 0.238 e. The van der Waals surface area contributed by atoms with Gasteiger partial charge in [0.2, 0.25) is 10.0 Å². The number of halogens is 1. The van der Waals surface area contributed by atoms with Crippen molar-refractivity contribution in [2.45, 2.75) is 25.0 Å². The normalized spacial score (nSPS) is 11.6. The molecule has 20 heavy (non-hydrogen) atoms. The molecule has 0 atom stereocenters. The summed E-state index contributed by atoms with van der Waals surface area (Å²) in [5.41, 5.74) is 0.902. The Kier molecular flexibility index (Phi) is 4.32. The van der Waals surface area contributed by atoms with Crippen LogP contribution in [-0.2, 0) is 23.2 Å². The first-order valence-electron chi connectivity index (χ1n) is 5.86. The molecule has 2 aromatic rings. The van der Waals surface area contributed by atoms with Gasteiger partial charge in [-0.05, 0) is 25.1 Å². The van der Waals surface area contributed by atoms with Gasteiger partial charge in [0.25, 0.3) is 0 Å². The minimum Gasteiger partial charge on any atom is -0.486 e. The molecule has 2 N–H and O–H groups in total. The number of aromatic nitrogens is 2. The van der Waals surface area contributed by atoms with Crippen molar-refractivity contribution in [3.8, 4) is 5.75 Å². The van der Waals surface area contributed by atoms with E-state index in [0.29, 0.717) is 12.4 Å². The molecule has 0 unspecified atom stereocenters. The van der Waals surface area contributed by atoms with Gasteiger partial charge in [-0.15, -0.1) is 0 Å². The number of nitrogens with two attached hydrogens (primary N) is 1. The molecule has 1 aromatic carbocycles. The van der Waals surface area contributed by atoms with E-state index in [1.54, 1.807) is 12.5 Å². The number of benzene rings is 1. The third kappa shape index (κ3) is 3.30. The highest BCUT2D eigenvalue weighted by Crippen LogP contribution is 2.27. The van der Waals surface area contributed by atoms with E-state index in [2.05, 4.69) is 4.98 Å². The van der Waals surface area contributed by atoms with E-state index in [4.69, 9.17) is 21.5 Å². The van der Waals surface area contributed by atoms with E-state index in [0.717, 1.165) is 12.2 Å². The zero-order valence-electron chi connectivity index (χ0n) is 10.8. The van der Waals surface area contributed by atoms with Gasteiger partial charge in [-0.3, -0.25) is 0 Å². The average molecular weight is 316 g/mol. The van der Waals surface area contributed by atoms with Crippen LogP contribution < -0.4 is 9.88 Å². The summed E-state index contributed by atoms with van der Waals surface area (Å²) in [6.45, 7) is 3.08. The molecular weight excluding hydrogens is 302 g/mol. The van der Waals surface area contributed by atoms with Gasteiger partial charge in [-0.1, -0.05) is 11.6 Å². The van der Waals surface area contributed by atoms with Crippen molar-refractivity contribution in [2.24, 2.45) is 5.14 Å². The Hall–Kier alpha value is -1.57. The number of hydrogen-bond acceptors (Lipinski definition) is 4. The minimum absolute atomic E-state index is 0.0477. The van der Waals surface area contributed by atoms with Gasteiger partial charge in [0.1, 0.15) is 12.4 Å². The van der Waals surface area contributed by atoms with Crippen LogP contribution >= 0.6 is 11.6 Å². The third-order valence-corrected chi connectivity index (χ3v) is 3.95. The Morgan fingerprint density at radius 2 is 2.20 bits per heavy atom. The van der Waals surface area contributed by atoms with E-state index in [-0.39, 0.29) is 9.92 Å². The van der Waals surface area contributed by atoms with Crippen LogP contribution in [0.1, 0.15) is 12.6 Å². The Bertz CT molecular complexity index is 712. The Balaban J connectivity index is 2.15. The summed E-state index contributed by atoms with van der Waals surface area (Å²) in [5.74, 6) is 0.392. The van der Waals surface area contributed by atoms with Gasteiger partial charge in [0, 0.05) is 6.54 Å². The van der Waals surface area contributed by atoms with Crippen molar-refractivity contribution in [3.63, 3.8) is 0 Å². The molecule has 0 aliphatic heterocycles. The first-order valence-corrected chi connectivity index (χ1v) is 7.78. The molecule has 0 bridgehead atoms. The topological polar surface area (TPSA) is 87.2 Å². The summed E-state index contributed by atoms with van der Waals surface area (Å²) >= 11 is 5.98. The first kappa shape index (κ1) is 14.8. The zero-order valence-corrected chi connectivity index (χ0v) is 12.4. The van der Waals surface area contributed by atoms with Crippen LogP contribution in [0.3, 0.4) is 0 Å². The van der Waals surface area contributed by atoms with E-state index in [1.807, 2.05) is 11.5 Å². The number of nitrogens with zero attached hydrogens (tertiary/aromatic N) is 2. The molecule has 6 nitrogen and oxygen atoms in total. The Morgan fingerprint density at radius 1 is 1.45 bits per heavy atom. The molecule has 0 saturated carbocycles. The molecule has 1 aromatic heterocycles. The summed E-state index contributed by atoms with van der Waals surface area (Å²) in [5, 5.41) is 5.22. The lowest BCUT2D eigenvalue weighted by Crippen LogP contribution is -2.12. The van der Waals surface area contributed by atoms with Gasteiger partial charge in [0.05, 0.1) is 28.1 Å². The van der Waals surface area contributed by atoms with E-state index >= 15 is 0 Å². The lowest BCUT2D eigenvalue weighted by atomic mass is 10.3. The fraction of sp³-hybridized carbons (Fsp3) is 0.250. The SMILES string of the molecule is CCn1cncc1COc1ccc(S(N)(=O)=O)cc1Cl.